The van der Waals surface area contributed by atoms with Gasteiger partial charge in [0.05, 0.1) is 30.0 Å². The number of amides is 1. The fraction of sp³-hybridized carbons (Fsp3) is 0.391. The normalized spacial score (nSPS) is 16.4. The van der Waals surface area contributed by atoms with Crippen molar-refractivity contribution in [1.29, 1.82) is 0 Å². The van der Waals surface area contributed by atoms with Crippen LogP contribution in [0.25, 0.3) is 5.82 Å². The molecule has 3 aromatic rings. The Kier molecular flexibility index (Phi) is 6.45. The molecule has 11 heteroatoms. The third-order valence-electron chi connectivity index (χ3n) is 5.77. The van der Waals surface area contributed by atoms with Crippen LogP contribution in [-0.2, 0) is 11.0 Å². The summed E-state index contributed by atoms with van der Waals surface area (Å²) in [5, 5.41) is 7.07. The fourth-order valence-electron chi connectivity index (χ4n) is 4.10. The Labute approximate surface area is 194 Å². The number of halogens is 3. The van der Waals surface area contributed by atoms with Crippen molar-refractivity contribution in [2.75, 3.05) is 30.4 Å². The van der Waals surface area contributed by atoms with Crippen molar-refractivity contribution in [3.63, 3.8) is 0 Å². The number of anilines is 2. The number of nitrogens with one attached hydrogen (secondary N) is 1. The van der Waals surface area contributed by atoms with Crippen molar-refractivity contribution in [1.82, 2.24) is 19.7 Å². The summed E-state index contributed by atoms with van der Waals surface area (Å²) in [5.41, 5.74) is 0.949. The molecule has 1 aromatic carbocycles. The van der Waals surface area contributed by atoms with Gasteiger partial charge in [0.1, 0.15) is 17.9 Å². The molecule has 34 heavy (non-hydrogen) atoms. The molecule has 180 valence electrons. The van der Waals surface area contributed by atoms with E-state index in [2.05, 4.69) is 20.4 Å². The van der Waals surface area contributed by atoms with Crippen LogP contribution in [0, 0.1) is 19.8 Å². The predicted octanol–water partition coefficient (Wildman–Crippen LogP) is 4.16. The molecule has 1 fully saturated rings. The quantitative estimate of drug-likeness (QED) is 0.598. The van der Waals surface area contributed by atoms with Crippen LogP contribution in [0.4, 0.5) is 24.7 Å². The number of benzene rings is 1. The first kappa shape index (κ1) is 23.5. The van der Waals surface area contributed by atoms with Crippen molar-refractivity contribution >= 4 is 17.4 Å². The summed E-state index contributed by atoms with van der Waals surface area (Å²) < 4.78 is 46.3. The molecule has 0 saturated carbocycles. The Balaban J connectivity index is 1.51. The van der Waals surface area contributed by atoms with E-state index >= 15 is 0 Å². The van der Waals surface area contributed by atoms with E-state index in [4.69, 9.17) is 4.74 Å². The van der Waals surface area contributed by atoms with E-state index in [9.17, 15) is 18.0 Å². The van der Waals surface area contributed by atoms with Crippen molar-refractivity contribution in [2.24, 2.45) is 5.92 Å². The van der Waals surface area contributed by atoms with E-state index in [-0.39, 0.29) is 17.3 Å². The van der Waals surface area contributed by atoms with E-state index in [0.29, 0.717) is 31.1 Å². The lowest BCUT2D eigenvalue weighted by Gasteiger charge is -2.33. The fourth-order valence-corrected chi connectivity index (χ4v) is 4.10. The summed E-state index contributed by atoms with van der Waals surface area (Å²) in [6.07, 6.45) is -1.72. The lowest BCUT2D eigenvalue weighted by atomic mass is 9.97. The van der Waals surface area contributed by atoms with E-state index in [1.807, 2.05) is 30.9 Å². The standard InChI is InChI=1S/C23H25F3N6O2/c1-14-9-15(2)32(30-14)21-11-20(27-13-28-21)31-8-4-5-16(12-31)22(33)29-18-10-17(23(24,25)26)6-7-19(18)34-3/h6-7,9-11,13,16H,4-5,8,12H2,1-3H3,(H,29,33). The second-order valence-corrected chi connectivity index (χ2v) is 8.26. The molecule has 4 rings (SSSR count). The summed E-state index contributed by atoms with van der Waals surface area (Å²) in [6, 6.07) is 6.78. The molecule has 1 unspecified atom stereocenters. The number of aryl methyl sites for hydroxylation is 2. The highest BCUT2D eigenvalue weighted by atomic mass is 19.4. The SMILES string of the molecule is COc1ccc(C(F)(F)F)cc1NC(=O)C1CCCN(c2cc(-n3nc(C)cc3C)ncn2)C1. The first-order valence-electron chi connectivity index (χ1n) is 10.8. The Bertz CT molecular complexity index is 1190. The number of piperidine rings is 1. The topological polar surface area (TPSA) is 85.2 Å². The van der Waals surface area contributed by atoms with Gasteiger partial charge in [0.25, 0.3) is 0 Å². The predicted molar refractivity (Wildman–Crippen MR) is 120 cm³/mol. The molecule has 1 atom stereocenters. The number of alkyl halides is 3. The van der Waals surface area contributed by atoms with Gasteiger partial charge in [-0.2, -0.15) is 18.3 Å². The third kappa shape index (κ3) is 4.97. The average molecular weight is 474 g/mol. The number of ether oxygens (including phenoxy) is 1. The summed E-state index contributed by atoms with van der Waals surface area (Å²) in [6.45, 7) is 4.91. The monoisotopic (exact) mass is 474 g/mol. The molecule has 1 saturated heterocycles. The van der Waals surface area contributed by atoms with Gasteiger partial charge in [-0.15, -0.1) is 0 Å². The zero-order valence-corrected chi connectivity index (χ0v) is 19.1. The minimum absolute atomic E-state index is 0.00621. The van der Waals surface area contributed by atoms with Crippen LogP contribution in [0.1, 0.15) is 29.8 Å². The van der Waals surface area contributed by atoms with E-state index in [0.717, 1.165) is 29.9 Å². The van der Waals surface area contributed by atoms with Crippen LogP contribution in [0.3, 0.4) is 0 Å². The Morgan fingerprint density at radius 3 is 2.59 bits per heavy atom. The molecule has 1 aliphatic heterocycles. The van der Waals surface area contributed by atoms with Gasteiger partial charge < -0.3 is 15.0 Å². The van der Waals surface area contributed by atoms with Gasteiger partial charge in [-0.05, 0) is 51.0 Å². The Morgan fingerprint density at radius 1 is 1.15 bits per heavy atom. The molecule has 8 nitrogen and oxygen atoms in total. The number of carbonyl (C=O) groups is 1. The maximum Gasteiger partial charge on any atom is 0.416 e. The highest BCUT2D eigenvalue weighted by molar-refractivity contribution is 5.94. The Hall–Kier alpha value is -3.63. The molecular weight excluding hydrogens is 449 g/mol. The highest BCUT2D eigenvalue weighted by Crippen LogP contribution is 2.35. The second kappa shape index (κ2) is 9.32. The molecule has 0 bridgehead atoms. The largest absolute Gasteiger partial charge is 0.495 e. The average Bonchev–Trinajstić information content (AvgIpc) is 3.16. The lowest BCUT2D eigenvalue weighted by molar-refractivity contribution is -0.137. The number of carbonyl (C=O) groups excluding carboxylic acids is 1. The maximum atomic E-state index is 13.1. The summed E-state index contributed by atoms with van der Waals surface area (Å²) in [7, 11) is 1.34. The van der Waals surface area contributed by atoms with Crippen molar-refractivity contribution in [2.45, 2.75) is 32.9 Å². The zero-order valence-electron chi connectivity index (χ0n) is 19.1. The van der Waals surface area contributed by atoms with Gasteiger partial charge in [0.15, 0.2) is 5.82 Å². The molecule has 1 aliphatic rings. The number of methoxy groups -OCH3 is 1. The number of hydrogen-bond donors (Lipinski definition) is 1. The minimum Gasteiger partial charge on any atom is -0.495 e. The summed E-state index contributed by atoms with van der Waals surface area (Å²) >= 11 is 0. The number of aromatic nitrogens is 4. The first-order valence-corrected chi connectivity index (χ1v) is 10.8. The van der Waals surface area contributed by atoms with E-state index in [1.54, 1.807) is 4.68 Å². The van der Waals surface area contributed by atoms with Gasteiger partial charge in [0, 0.05) is 24.8 Å². The van der Waals surface area contributed by atoms with Gasteiger partial charge in [-0.1, -0.05) is 0 Å². The number of rotatable bonds is 5. The third-order valence-corrected chi connectivity index (χ3v) is 5.77. The zero-order chi connectivity index (χ0) is 24.5. The van der Waals surface area contributed by atoms with Crippen LogP contribution in [0.2, 0.25) is 0 Å². The van der Waals surface area contributed by atoms with E-state index in [1.165, 1.54) is 19.5 Å². The first-order chi connectivity index (χ1) is 16.2. The summed E-state index contributed by atoms with van der Waals surface area (Å²) in [5.74, 6) is 0.650. The second-order valence-electron chi connectivity index (χ2n) is 8.26. The highest BCUT2D eigenvalue weighted by Gasteiger charge is 2.32. The van der Waals surface area contributed by atoms with Crippen molar-refractivity contribution < 1.29 is 22.7 Å². The van der Waals surface area contributed by atoms with Crippen LogP contribution in [0.5, 0.6) is 5.75 Å². The number of nitrogens with zero attached hydrogens (tertiary/aromatic N) is 5. The number of hydrogen-bond acceptors (Lipinski definition) is 6. The van der Waals surface area contributed by atoms with Crippen molar-refractivity contribution in [3.8, 4) is 11.6 Å². The van der Waals surface area contributed by atoms with Gasteiger partial charge in [-0.3, -0.25) is 4.79 Å². The van der Waals surface area contributed by atoms with Gasteiger partial charge in [-0.25, -0.2) is 14.6 Å². The van der Waals surface area contributed by atoms with E-state index < -0.39 is 17.7 Å². The summed E-state index contributed by atoms with van der Waals surface area (Å²) in [4.78, 5) is 23.6. The van der Waals surface area contributed by atoms with Crippen molar-refractivity contribution in [3.05, 3.63) is 53.6 Å². The van der Waals surface area contributed by atoms with Crippen LogP contribution in [0.15, 0.2) is 36.7 Å². The minimum atomic E-state index is -4.52. The molecule has 0 aliphatic carbocycles. The molecule has 1 N–H and O–H groups in total. The maximum absolute atomic E-state index is 13.1. The van der Waals surface area contributed by atoms with Gasteiger partial charge >= 0.3 is 6.18 Å². The molecule has 1 amide bonds. The molecular formula is C23H25F3N6O2. The molecule has 3 heterocycles. The van der Waals surface area contributed by atoms with Crippen LogP contribution >= 0.6 is 0 Å². The van der Waals surface area contributed by atoms with Gasteiger partial charge in [0.2, 0.25) is 5.91 Å². The lowest BCUT2D eigenvalue weighted by Crippen LogP contribution is -2.41. The van der Waals surface area contributed by atoms with Crippen LogP contribution in [-0.4, -0.2) is 45.9 Å². The Morgan fingerprint density at radius 2 is 1.91 bits per heavy atom. The molecule has 0 radical (unpaired) electrons. The molecule has 2 aromatic heterocycles. The molecule has 0 spiro atoms. The smallest absolute Gasteiger partial charge is 0.416 e. The van der Waals surface area contributed by atoms with Crippen LogP contribution < -0.4 is 15.0 Å².